The van der Waals surface area contributed by atoms with Gasteiger partial charge in [0.15, 0.2) is 0 Å². The largest absolute Gasteiger partial charge is 4.00 e. The zero-order valence-electron chi connectivity index (χ0n) is 20.3. The number of halogens is 2. The summed E-state index contributed by atoms with van der Waals surface area (Å²) < 4.78 is 0. The number of rotatable bonds is 1. The molecule has 0 nitrogen and oxygen atoms in total. The Kier molecular flexibility index (Phi) is 10.4. The van der Waals surface area contributed by atoms with Gasteiger partial charge in [0, 0.05) is 0 Å². The molecule has 1 heterocycles. The molecule has 172 valence electrons. The van der Waals surface area contributed by atoms with Crippen LogP contribution in [-0.4, -0.2) is 9.52 Å². The second-order valence-corrected chi connectivity index (χ2v) is 10.0. The van der Waals surface area contributed by atoms with Crippen molar-refractivity contribution < 1.29 is 51.0 Å². The Morgan fingerprint density at radius 2 is 1.46 bits per heavy atom. The van der Waals surface area contributed by atoms with E-state index in [-0.39, 0.29) is 51.0 Å². The standard InChI is InChI=1S/C19H19.C12H7Si.2ClH.Zr/c1-12-5-8-17(15(4)9-12)19-14(3)6-7-16-10-13(2)11-18(16)19;1-3-7-11-9(5-1)10-6-2-4-8-12(10)13-11;;;/h5-11H,1-4H3;1-7H;2*1H;/q2*-1;;;+4/p-2. The average Bonchev–Trinajstić information content (AvgIpc) is 3.35. The molecule has 0 saturated heterocycles. The predicted octanol–water partition coefficient (Wildman–Crippen LogP) is 0.587. The summed E-state index contributed by atoms with van der Waals surface area (Å²) >= 11 is 0. The van der Waals surface area contributed by atoms with Crippen LogP contribution in [0.3, 0.4) is 0 Å². The van der Waals surface area contributed by atoms with E-state index in [1.54, 1.807) is 0 Å². The van der Waals surface area contributed by atoms with E-state index in [1.807, 2.05) is 6.07 Å². The summed E-state index contributed by atoms with van der Waals surface area (Å²) in [6, 6.07) is 33.9. The summed E-state index contributed by atoms with van der Waals surface area (Å²) in [4.78, 5) is 0. The Hall–Kier alpha value is -1.83. The molecule has 0 atom stereocenters. The van der Waals surface area contributed by atoms with Crippen molar-refractivity contribution in [2.75, 3.05) is 0 Å². The van der Waals surface area contributed by atoms with E-state index in [9.17, 15) is 0 Å². The molecule has 2 radical (unpaired) electrons. The van der Waals surface area contributed by atoms with E-state index < -0.39 is 0 Å². The molecule has 35 heavy (non-hydrogen) atoms. The molecule has 0 amide bonds. The third-order valence-electron chi connectivity index (χ3n) is 6.23. The van der Waals surface area contributed by atoms with Crippen LogP contribution in [0.4, 0.5) is 0 Å². The van der Waals surface area contributed by atoms with Crippen molar-refractivity contribution in [2.45, 2.75) is 27.7 Å². The van der Waals surface area contributed by atoms with Gasteiger partial charge in [-0.3, -0.25) is 0 Å². The van der Waals surface area contributed by atoms with Crippen LogP contribution in [0.5, 0.6) is 0 Å². The monoisotopic (exact) mass is 586 g/mol. The molecule has 0 aliphatic carbocycles. The Morgan fingerprint density at radius 1 is 0.714 bits per heavy atom. The molecule has 0 aromatic heterocycles. The summed E-state index contributed by atoms with van der Waals surface area (Å²) in [5.41, 5.74) is 10.9. The topological polar surface area (TPSA) is 0 Å². The SMILES string of the molecule is Cc1ccc(-c2c(C)ccc3[cH-]c(C)cc23)c(C)c1.[Cl-].[Cl-].[Zr+4].[c-]1cccc2c1[Si]c1ccccc1-2. The molecular weight excluding hydrogens is 563 g/mol. The maximum Gasteiger partial charge on any atom is 4.00 e. The molecule has 0 N–H and O–H groups in total. The minimum Gasteiger partial charge on any atom is -1.00 e. The molecule has 5 aromatic carbocycles. The van der Waals surface area contributed by atoms with Gasteiger partial charge >= 0.3 is 26.2 Å². The van der Waals surface area contributed by atoms with Gasteiger partial charge in [0.05, 0.1) is 9.52 Å². The summed E-state index contributed by atoms with van der Waals surface area (Å²) in [5, 5.41) is 5.55. The molecule has 0 fully saturated rings. The predicted molar refractivity (Wildman–Crippen MR) is 140 cm³/mol. The molecular formula is C31H26Cl2SiZr. The van der Waals surface area contributed by atoms with Crippen LogP contribution in [-0.2, 0) is 26.2 Å². The first kappa shape index (κ1) is 29.4. The van der Waals surface area contributed by atoms with Crippen LogP contribution in [0.2, 0.25) is 0 Å². The van der Waals surface area contributed by atoms with E-state index in [0.717, 1.165) is 9.52 Å². The van der Waals surface area contributed by atoms with Crippen molar-refractivity contribution in [1.82, 2.24) is 0 Å². The number of fused-ring (bicyclic) bond motifs is 4. The zero-order valence-corrected chi connectivity index (χ0v) is 25.3. The van der Waals surface area contributed by atoms with Crippen LogP contribution >= 0.6 is 0 Å². The van der Waals surface area contributed by atoms with E-state index in [4.69, 9.17) is 0 Å². The van der Waals surface area contributed by atoms with Crippen molar-refractivity contribution in [3.05, 3.63) is 113 Å². The van der Waals surface area contributed by atoms with E-state index in [0.29, 0.717) is 0 Å². The first-order chi connectivity index (χ1) is 15.5. The molecule has 1 aliphatic rings. The van der Waals surface area contributed by atoms with Crippen molar-refractivity contribution in [2.24, 2.45) is 0 Å². The molecule has 0 spiro atoms. The Morgan fingerprint density at radius 3 is 2.23 bits per heavy atom. The van der Waals surface area contributed by atoms with Crippen LogP contribution < -0.4 is 35.2 Å². The molecule has 5 aromatic rings. The summed E-state index contributed by atoms with van der Waals surface area (Å²) in [6.07, 6.45) is 0. The molecule has 1 aliphatic heterocycles. The third-order valence-corrected chi connectivity index (χ3v) is 7.60. The van der Waals surface area contributed by atoms with Gasteiger partial charge in [-0.2, -0.15) is 35.5 Å². The van der Waals surface area contributed by atoms with Gasteiger partial charge in [0.1, 0.15) is 0 Å². The van der Waals surface area contributed by atoms with Crippen molar-refractivity contribution in [1.29, 1.82) is 0 Å². The normalized spacial score (nSPS) is 10.6. The van der Waals surface area contributed by atoms with Crippen LogP contribution in [0.25, 0.3) is 33.0 Å². The van der Waals surface area contributed by atoms with Gasteiger partial charge in [0.2, 0.25) is 0 Å². The fourth-order valence-electron chi connectivity index (χ4n) is 4.72. The molecule has 0 unspecified atom stereocenters. The fraction of sp³-hybridized carbons (Fsp3) is 0.129. The van der Waals surface area contributed by atoms with Gasteiger partial charge < -0.3 is 24.8 Å². The molecule has 0 bridgehead atoms. The van der Waals surface area contributed by atoms with Crippen molar-refractivity contribution in [3.63, 3.8) is 0 Å². The van der Waals surface area contributed by atoms with Gasteiger partial charge in [-0.15, -0.1) is 40.1 Å². The van der Waals surface area contributed by atoms with Gasteiger partial charge in [-0.1, -0.05) is 76.8 Å². The molecule has 6 rings (SSSR count). The smallest absolute Gasteiger partial charge is 1.00 e. The van der Waals surface area contributed by atoms with Crippen LogP contribution in [0.15, 0.2) is 84.9 Å². The molecule has 0 saturated carbocycles. The maximum atomic E-state index is 3.31. The Bertz CT molecular complexity index is 1410. The Labute approximate surface area is 243 Å². The zero-order chi connectivity index (χ0) is 22.2. The minimum atomic E-state index is 0. The van der Waals surface area contributed by atoms with Crippen LogP contribution in [0.1, 0.15) is 22.3 Å². The second kappa shape index (κ2) is 12.4. The third kappa shape index (κ3) is 5.95. The maximum absolute atomic E-state index is 3.31. The minimum absolute atomic E-state index is 0. The van der Waals surface area contributed by atoms with Crippen LogP contribution in [0, 0.1) is 33.8 Å². The van der Waals surface area contributed by atoms with E-state index >= 15 is 0 Å². The van der Waals surface area contributed by atoms with Gasteiger partial charge in [-0.25, -0.2) is 0 Å². The first-order valence-corrected chi connectivity index (χ1v) is 12.1. The second-order valence-electron chi connectivity index (χ2n) is 8.74. The van der Waals surface area contributed by atoms with E-state index in [1.165, 1.54) is 65.7 Å². The Balaban J connectivity index is 0.000000239. The van der Waals surface area contributed by atoms with Gasteiger partial charge in [-0.05, 0) is 31.9 Å². The summed E-state index contributed by atoms with van der Waals surface area (Å²) in [5.74, 6) is 0. The van der Waals surface area contributed by atoms with E-state index in [2.05, 4.69) is 113 Å². The van der Waals surface area contributed by atoms with Crippen molar-refractivity contribution >= 4 is 30.7 Å². The quantitative estimate of drug-likeness (QED) is 0.195. The van der Waals surface area contributed by atoms with Gasteiger partial charge in [0.25, 0.3) is 0 Å². The number of benzene rings is 4. The summed E-state index contributed by atoms with van der Waals surface area (Å²) in [7, 11) is 0.795. The number of aryl methyl sites for hydroxylation is 4. The summed E-state index contributed by atoms with van der Waals surface area (Å²) in [6.45, 7) is 8.73. The first-order valence-electron chi connectivity index (χ1n) is 11.1. The fourth-order valence-corrected chi connectivity index (χ4v) is 6.03. The number of hydrogen-bond acceptors (Lipinski definition) is 0. The number of hydrogen-bond donors (Lipinski definition) is 0. The van der Waals surface area contributed by atoms with Crippen molar-refractivity contribution in [3.8, 4) is 22.3 Å². The molecule has 4 heteroatoms. The average molecular weight is 589 g/mol.